The van der Waals surface area contributed by atoms with Crippen molar-refractivity contribution in [2.45, 2.75) is 6.54 Å². The van der Waals surface area contributed by atoms with Gasteiger partial charge in [0.05, 0.1) is 40.8 Å². The quantitative estimate of drug-likeness (QED) is 0.367. The molecule has 180 valence electrons. The molecule has 8 heteroatoms. The Labute approximate surface area is 206 Å². The molecule has 5 aromatic rings. The number of nitrogens with one attached hydrogen (secondary N) is 1. The van der Waals surface area contributed by atoms with Crippen LogP contribution in [0.1, 0.15) is 16.2 Å². The second-order valence-corrected chi connectivity index (χ2v) is 8.33. The SMILES string of the molecule is COCCN(Cc1nc2ccccc2c(=O)[nH]1)C(=O)c1cc(-c2ccc(F)cc2)nc2ccccc12. The number of rotatable bonds is 7. The maximum absolute atomic E-state index is 13.9. The molecule has 0 unspecified atom stereocenters. The van der Waals surface area contributed by atoms with Gasteiger partial charge in [0, 0.05) is 24.6 Å². The number of hydrogen-bond donors (Lipinski definition) is 1. The van der Waals surface area contributed by atoms with Crippen molar-refractivity contribution in [3.05, 3.63) is 106 Å². The zero-order chi connectivity index (χ0) is 25.1. The minimum atomic E-state index is -0.349. The van der Waals surface area contributed by atoms with Crippen LogP contribution in [0.2, 0.25) is 0 Å². The van der Waals surface area contributed by atoms with E-state index in [-0.39, 0.29) is 30.4 Å². The number of carbonyl (C=O) groups is 1. The van der Waals surface area contributed by atoms with Crippen LogP contribution in [0, 0.1) is 5.82 Å². The van der Waals surface area contributed by atoms with Crippen molar-refractivity contribution >= 4 is 27.7 Å². The van der Waals surface area contributed by atoms with Gasteiger partial charge in [-0.25, -0.2) is 14.4 Å². The number of methoxy groups -OCH3 is 1. The number of pyridine rings is 1. The van der Waals surface area contributed by atoms with Gasteiger partial charge in [0.25, 0.3) is 11.5 Å². The maximum atomic E-state index is 13.9. The lowest BCUT2D eigenvalue weighted by Crippen LogP contribution is -2.35. The zero-order valence-electron chi connectivity index (χ0n) is 19.6. The summed E-state index contributed by atoms with van der Waals surface area (Å²) in [5.41, 5.74) is 2.64. The molecule has 0 saturated carbocycles. The summed E-state index contributed by atoms with van der Waals surface area (Å²) in [6.07, 6.45) is 0. The number of H-pyrrole nitrogens is 1. The summed E-state index contributed by atoms with van der Waals surface area (Å²) >= 11 is 0. The monoisotopic (exact) mass is 482 g/mol. The molecule has 0 aliphatic heterocycles. The van der Waals surface area contributed by atoms with Crippen LogP contribution in [0.15, 0.2) is 83.7 Å². The molecule has 2 aromatic heterocycles. The number of halogens is 1. The van der Waals surface area contributed by atoms with Crippen LogP contribution in [0.4, 0.5) is 4.39 Å². The first-order chi connectivity index (χ1) is 17.5. The molecule has 3 aromatic carbocycles. The Kier molecular flexibility index (Phi) is 6.51. The summed E-state index contributed by atoms with van der Waals surface area (Å²) in [6.45, 7) is 0.677. The third-order valence-electron chi connectivity index (χ3n) is 5.94. The van der Waals surface area contributed by atoms with E-state index in [1.165, 1.54) is 12.1 Å². The molecule has 5 rings (SSSR count). The van der Waals surface area contributed by atoms with Crippen LogP contribution in [0.3, 0.4) is 0 Å². The second kappa shape index (κ2) is 10.1. The topological polar surface area (TPSA) is 88.2 Å². The van der Waals surface area contributed by atoms with E-state index < -0.39 is 0 Å². The molecule has 0 fully saturated rings. The largest absolute Gasteiger partial charge is 0.383 e. The van der Waals surface area contributed by atoms with E-state index >= 15 is 0 Å². The molecule has 0 atom stereocenters. The molecule has 2 heterocycles. The van der Waals surface area contributed by atoms with Gasteiger partial charge >= 0.3 is 0 Å². The van der Waals surface area contributed by atoms with Crippen LogP contribution in [0.5, 0.6) is 0 Å². The molecule has 0 saturated heterocycles. The number of aromatic amines is 1. The first kappa shape index (κ1) is 23.3. The van der Waals surface area contributed by atoms with E-state index in [9.17, 15) is 14.0 Å². The van der Waals surface area contributed by atoms with Crippen molar-refractivity contribution in [2.24, 2.45) is 0 Å². The molecule has 0 aliphatic rings. The predicted molar refractivity (Wildman–Crippen MR) is 136 cm³/mol. The Morgan fingerprint density at radius 3 is 2.33 bits per heavy atom. The minimum absolute atomic E-state index is 0.0881. The van der Waals surface area contributed by atoms with Crippen molar-refractivity contribution in [2.75, 3.05) is 20.3 Å². The van der Waals surface area contributed by atoms with Crippen LogP contribution in [-0.4, -0.2) is 46.0 Å². The van der Waals surface area contributed by atoms with E-state index in [2.05, 4.69) is 9.97 Å². The first-order valence-electron chi connectivity index (χ1n) is 11.5. The van der Waals surface area contributed by atoms with E-state index in [1.807, 2.05) is 30.3 Å². The predicted octanol–water partition coefficient (Wildman–Crippen LogP) is 4.57. The molecule has 36 heavy (non-hydrogen) atoms. The van der Waals surface area contributed by atoms with Gasteiger partial charge in [0.1, 0.15) is 11.6 Å². The van der Waals surface area contributed by atoms with E-state index in [1.54, 1.807) is 48.4 Å². The Bertz CT molecular complexity index is 1620. The highest BCUT2D eigenvalue weighted by Crippen LogP contribution is 2.26. The highest BCUT2D eigenvalue weighted by atomic mass is 19.1. The Morgan fingerprint density at radius 2 is 1.61 bits per heavy atom. The fourth-order valence-electron chi connectivity index (χ4n) is 4.14. The minimum Gasteiger partial charge on any atom is -0.383 e. The van der Waals surface area contributed by atoms with Crippen LogP contribution in [-0.2, 0) is 11.3 Å². The lowest BCUT2D eigenvalue weighted by Gasteiger charge is -2.23. The average molecular weight is 483 g/mol. The van der Waals surface area contributed by atoms with Gasteiger partial charge in [0.15, 0.2) is 0 Å². The number of benzene rings is 3. The smallest absolute Gasteiger partial charge is 0.258 e. The third kappa shape index (κ3) is 4.71. The number of nitrogens with zero attached hydrogens (tertiary/aromatic N) is 3. The average Bonchev–Trinajstić information content (AvgIpc) is 2.90. The van der Waals surface area contributed by atoms with Crippen molar-refractivity contribution in [3.63, 3.8) is 0 Å². The summed E-state index contributed by atoms with van der Waals surface area (Å²) in [5, 5.41) is 1.18. The number of para-hydroxylation sites is 2. The van der Waals surface area contributed by atoms with E-state index in [4.69, 9.17) is 9.72 Å². The van der Waals surface area contributed by atoms with Gasteiger partial charge in [-0.1, -0.05) is 30.3 Å². The molecular formula is C28H23FN4O3. The molecule has 0 spiro atoms. The van der Waals surface area contributed by atoms with E-state index in [0.29, 0.717) is 51.1 Å². The first-order valence-corrected chi connectivity index (χ1v) is 11.5. The standard InChI is InChI=1S/C28H23FN4O3/c1-36-15-14-33(17-26-31-24-9-5-3-7-21(24)27(34)32-26)28(35)22-16-25(18-10-12-19(29)13-11-18)30-23-8-4-2-6-20(22)23/h2-13,16H,14-15,17H2,1H3,(H,31,32,34). The second-order valence-electron chi connectivity index (χ2n) is 8.33. The summed E-state index contributed by atoms with van der Waals surface area (Å²) < 4.78 is 18.7. The highest BCUT2D eigenvalue weighted by Gasteiger charge is 2.21. The summed E-state index contributed by atoms with van der Waals surface area (Å²) in [5.74, 6) is -0.233. The molecule has 0 aliphatic carbocycles. The number of fused-ring (bicyclic) bond motifs is 2. The summed E-state index contributed by atoms with van der Waals surface area (Å²) in [4.78, 5) is 40.1. The van der Waals surface area contributed by atoms with Gasteiger partial charge in [-0.05, 0) is 48.5 Å². The summed E-state index contributed by atoms with van der Waals surface area (Å²) in [7, 11) is 1.56. The normalized spacial score (nSPS) is 11.2. The lowest BCUT2D eigenvalue weighted by molar-refractivity contribution is 0.0677. The molecular weight excluding hydrogens is 459 g/mol. The van der Waals surface area contributed by atoms with Gasteiger partial charge in [-0.15, -0.1) is 0 Å². The van der Waals surface area contributed by atoms with Gasteiger partial charge in [-0.2, -0.15) is 0 Å². The van der Waals surface area contributed by atoms with Crippen LogP contribution >= 0.6 is 0 Å². The molecule has 0 bridgehead atoms. The van der Waals surface area contributed by atoms with Gasteiger partial charge < -0.3 is 14.6 Å². The molecule has 1 amide bonds. The number of carbonyl (C=O) groups excluding carboxylic acids is 1. The number of ether oxygens (including phenoxy) is 1. The Balaban J connectivity index is 1.57. The zero-order valence-corrected chi connectivity index (χ0v) is 19.6. The van der Waals surface area contributed by atoms with Crippen molar-refractivity contribution in [1.29, 1.82) is 0 Å². The van der Waals surface area contributed by atoms with Crippen molar-refractivity contribution in [3.8, 4) is 11.3 Å². The number of amides is 1. The molecule has 7 nitrogen and oxygen atoms in total. The van der Waals surface area contributed by atoms with Crippen LogP contribution < -0.4 is 5.56 Å². The maximum Gasteiger partial charge on any atom is 0.258 e. The van der Waals surface area contributed by atoms with Crippen molar-refractivity contribution < 1.29 is 13.9 Å². The molecule has 0 radical (unpaired) electrons. The lowest BCUT2D eigenvalue weighted by atomic mass is 10.0. The molecule has 1 N–H and O–H groups in total. The Morgan fingerprint density at radius 1 is 0.944 bits per heavy atom. The van der Waals surface area contributed by atoms with Crippen LogP contribution in [0.25, 0.3) is 33.1 Å². The number of aromatic nitrogens is 3. The van der Waals surface area contributed by atoms with Gasteiger partial charge in [0.2, 0.25) is 0 Å². The van der Waals surface area contributed by atoms with E-state index in [0.717, 1.165) is 0 Å². The summed E-state index contributed by atoms with van der Waals surface area (Å²) in [6, 6.07) is 22.1. The fraction of sp³-hybridized carbons (Fsp3) is 0.143. The number of hydrogen-bond acceptors (Lipinski definition) is 5. The fourth-order valence-corrected chi connectivity index (χ4v) is 4.14. The van der Waals surface area contributed by atoms with Gasteiger partial charge in [-0.3, -0.25) is 9.59 Å². The van der Waals surface area contributed by atoms with Crippen molar-refractivity contribution in [1.82, 2.24) is 19.9 Å². The Hall–Kier alpha value is -4.43. The highest BCUT2D eigenvalue weighted by molar-refractivity contribution is 6.07. The third-order valence-corrected chi connectivity index (χ3v) is 5.94.